The van der Waals surface area contributed by atoms with Crippen LogP contribution >= 0.6 is 0 Å². The number of nitrogens with zero attached hydrogens (tertiary/aromatic N) is 2. The van der Waals surface area contributed by atoms with E-state index < -0.39 is 5.82 Å². The Kier molecular flexibility index (Phi) is 7.80. The molecule has 0 radical (unpaired) electrons. The molecule has 6 heteroatoms. The van der Waals surface area contributed by atoms with E-state index in [-0.39, 0.29) is 23.4 Å². The molecule has 0 aliphatic carbocycles. The summed E-state index contributed by atoms with van der Waals surface area (Å²) in [6.07, 6.45) is 1.31. The summed E-state index contributed by atoms with van der Waals surface area (Å²) in [6, 6.07) is 14.3. The van der Waals surface area contributed by atoms with E-state index in [1.807, 2.05) is 24.3 Å². The first-order valence-corrected chi connectivity index (χ1v) is 11.1. The second-order valence-corrected chi connectivity index (χ2v) is 8.37. The summed E-state index contributed by atoms with van der Waals surface area (Å²) < 4.78 is 13.9. The van der Waals surface area contributed by atoms with Crippen LogP contribution in [0.1, 0.15) is 59.9 Å². The van der Waals surface area contributed by atoms with Crippen molar-refractivity contribution in [2.24, 2.45) is 0 Å². The Labute approximate surface area is 184 Å². The molecular weight excluding hydrogens is 393 g/mol. The lowest BCUT2D eigenvalue weighted by atomic mass is 10.0. The lowest BCUT2D eigenvalue weighted by Gasteiger charge is -2.32. The van der Waals surface area contributed by atoms with Crippen LogP contribution < -0.4 is 5.32 Å². The minimum Gasteiger partial charge on any atom is -0.349 e. The van der Waals surface area contributed by atoms with E-state index in [9.17, 15) is 14.0 Å². The maximum absolute atomic E-state index is 13.9. The third kappa shape index (κ3) is 5.91. The first-order chi connectivity index (χ1) is 14.9. The normalized spacial score (nSPS) is 14.8. The largest absolute Gasteiger partial charge is 0.349 e. The molecule has 1 aliphatic heterocycles. The maximum atomic E-state index is 13.9. The Morgan fingerprint density at radius 1 is 1.10 bits per heavy atom. The fourth-order valence-corrected chi connectivity index (χ4v) is 3.96. The molecule has 5 nitrogen and oxygen atoms in total. The van der Waals surface area contributed by atoms with Crippen LogP contribution in [0.15, 0.2) is 48.5 Å². The second kappa shape index (κ2) is 10.5. The number of hydrogen-bond acceptors (Lipinski definition) is 3. The van der Waals surface area contributed by atoms with Gasteiger partial charge in [0.2, 0.25) is 0 Å². The highest BCUT2D eigenvalue weighted by Crippen LogP contribution is 2.17. The van der Waals surface area contributed by atoms with E-state index in [0.29, 0.717) is 37.5 Å². The average molecular weight is 426 g/mol. The summed E-state index contributed by atoms with van der Waals surface area (Å²) in [5.41, 5.74) is 1.93. The Balaban J connectivity index is 1.51. The van der Waals surface area contributed by atoms with Crippen molar-refractivity contribution in [1.29, 1.82) is 0 Å². The highest BCUT2D eigenvalue weighted by molar-refractivity contribution is 5.95. The summed E-state index contributed by atoms with van der Waals surface area (Å²) in [6.45, 7) is 9.36. The molecule has 2 aromatic carbocycles. The average Bonchev–Trinajstić information content (AvgIpc) is 2.78. The predicted octanol–water partition coefficient (Wildman–Crippen LogP) is 4.09. The van der Waals surface area contributed by atoms with Gasteiger partial charge < -0.3 is 10.2 Å². The molecule has 1 aliphatic rings. The molecule has 0 spiro atoms. The van der Waals surface area contributed by atoms with E-state index in [1.54, 1.807) is 17.0 Å². The molecule has 166 valence electrons. The molecule has 0 atom stereocenters. The van der Waals surface area contributed by atoms with Crippen molar-refractivity contribution in [3.8, 4) is 0 Å². The molecule has 3 rings (SSSR count). The van der Waals surface area contributed by atoms with Gasteiger partial charge in [-0.25, -0.2) is 4.39 Å². The SMILES string of the molecule is CCN(Cc1ccc(C(=O)NC2CCN(C(=O)c3ccccc3F)CC2)cc1)C(C)C. The first kappa shape index (κ1) is 22.9. The van der Waals surface area contributed by atoms with Crippen LogP contribution in [0, 0.1) is 5.82 Å². The second-order valence-electron chi connectivity index (χ2n) is 8.37. The third-order valence-corrected chi connectivity index (χ3v) is 5.96. The van der Waals surface area contributed by atoms with Gasteiger partial charge in [0.05, 0.1) is 5.56 Å². The number of benzene rings is 2. The number of likely N-dealkylation sites (tertiary alicyclic amines) is 1. The van der Waals surface area contributed by atoms with Gasteiger partial charge in [-0.3, -0.25) is 14.5 Å². The fourth-order valence-electron chi connectivity index (χ4n) is 3.96. The standard InChI is InChI=1S/C25H32FN3O2/c1-4-28(18(2)3)17-19-9-11-20(12-10-19)24(30)27-21-13-15-29(16-14-21)25(31)22-7-5-6-8-23(22)26/h5-12,18,21H,4,13-17H2,1-3H3,(H,27,30). The fraction of sp³-hybridized carbons (Fsp3) is 0.440. The van der Waals surface area contributed by atoms with Crippen molar-refractivity contribution in [2.75, 3.05) is 19.6 Å². The molecule has 1 fully saturated rings. The summed E-state index contributed by atoms with van der Waals surface area (Å²) in [5, 5.41) is 3.07. The number of rotatable bonds is 7. The molecule has 0 aromatic heterocycles. The minimum absolute atomic E-state index is 0.00775. The molecular formula is C25H32FN3O2. The van der Waals surface area contributed by atoms with Crippen LogP contribution in [0.5, 0.6) is 0 Å². The molecule has 0 unspecified atom stereocenters. The van der Waals surface area contributed by atoms with Crippen LogP contribution in [0.2, 0.25) is 0 Å². The zero-order chi connectivity index (χ0) is 22.4. The van der Waals surface area contributed by atoms with Crippen molar-refractivity contribution in [2.45, 2.75) is 52.2 Å². The molecule has 2 aromatic rings. The summed E-state index contributed by atoms with van der Waals surface area (Å²) in [5.74, 6) is -0.885. The molecule has 2 amide bonds. The molecule has 31 heavy (non-hydrogen) atoms. The van der Waals surface area contributed by atoms with Crippen molar-refractivity contribution in [1.82, 2.24) is 15.1 Å². The maximum Gasteiger partial charge on any atom is 0.256 e. The molecule has 1 heterocycles. The minimum atomic E-state index is -0.498. The Bertz CT molecular complexity index is 890. The highest BCUT2D eigenvalue weighted by Gasteiger charge is 2.26. The van der Waals surface area contributed by atoms with Gasteiger partial charge in [0.25, 0.3) is 11.8 Å². The molecule has 1 saturated heterocycles. The zero-order valence-electron chi connectivity index (χ0n) is 18.6. The quantitative estimate of drug-likeness (QED) is 0.727. The van der Waals surface area contributed by atoms with Gasteiger partial charge in [-0.15, -0.1) is 0 Å². The molecule has 1 N–H and O–H groups in total. The van der Waals surface area contributed by atoms with Gasteiger partial charge in [0.15, 0.2) is 0 Å². The van der Waals surface area contributed by atoms with Gasteiger partial charge in [0.1, 0.15) is 5.82 Å². The van der Waals surface area contributed by atoms with Gasteiger partial charge in [-0.1, -0.05) is 31.2 Å². The lowest BCUT2D eigenvalue weighted by Crippen LogP contribution is -2.46. The Hall–Kier alpha value is -2.73. The summed E-state index contributed by atoms with van der Waals surface area (Å²) in [7, 11) is 0. The van der Waals surface area contributed by atoms with Crippen LogP contribution in [0.4, 0.5) is 4.39 Å². The smallest absolute Gasteiger partial charge is 0.256 e. The number of halogens is 1. The number of hydrogen-bond donors (Lipinski definition) is 1. The van der Waals surface area contributed by atoms with Crippen molar-refractivity contribution < 1.29 is 14.0 Å². The summed E-state index contributed by atoms with van der Waals surface area (Å²) >= 11 is 0. The number of piperidine rings is 1. The van der Waals surface area contributed by atoms with Gasteiger partial charge in [-0.2, -0.15) is 0 Å². The monoisotopic (exact) mass is 425 g/mol. The van der Waals surface area contributed by atoms with Gasteiger partial charge in [0, 0.05) is 37.3 Å². The first-order valence-electron chi connectivity index (χ1n) is 11.1. The van der Waals surface area contributed by atoms with E-state index in [0.717, 1.165) is 13.1 Å². The number of carbonyl (C=O) groups is 2. The number of nitrogens with one attached hydrogen (secondary N) is 1. The molecule has 0 saturated carbocycles. The Morgan fingerprint density at radius 3 is 2.32 bits per heavy atom. The summed E-state index contributed by atoms with van der Waals surface area (Å²) in [4.78, 5) is 29.2. The number of carbonyl (C=O) groups excluding carboxylic acids is 2. The molecule has 0 bridgehead atoms. The van der Waals surface area contributed by atoms with E-state index in [1.165, 1.54) is 17.7 Å². The van der Waals surface area contributed by atoms with Crippen molar-refractivity contribution in [3.05, 3.63) is 71.0 Å². The number of amides is 2. The van der Waals surface area contributed by atoms with Crippen LogP contribution in [-0.2, 0) is 6.54 Å². The van der Waals surface area contributed by atoms with Gasteiger partial charge >= 0.3 is 0 Å². The zero-order valence-corrected chi connectivity index (χ0v) is 18.6. The van der Waals surface area contributed by atoms with Gasteiger partial charge in [-0.05, 0) is 63.1 Å². The van der Waals surface area contributed by atoms with E-state index in [2.05, 4.69) is 31.0 Å². The highest BCUT2D eigenvalue weighted by atomic mass is 19.1. The van der Waals surface area contributed by atoms with Crippen molar-refractivity contribution in [3.63, 3.8) is 0 Å². The van der Waals surface area contributed by atoms with Crippen LogP contribution in [0.3, 0.4) is 0 Å². The predicted molar refractivity (Wildman–Crippen MR) is 120 cm³/mol. The van der Waals surface area contributed by atoms with E-state index in [4.69, 9.17) is 0 Å². The third-order valence-electron chi connectivity index (χ3n) is 5.96. The van der Waals surface area contributed by atoms with Crippen LogP contribution in [-0.4, -0.2) is 53.3 Å². The van der Waals surface area contributed by atoms with E-state index >= 15 is 0 Å². The van der Waals surface area contributed by atoms with Crippen molar-refractivity contribution >= 4 is 11.8 Å². The van der Waals surface area contributed by atoms with Crippen LogP contribution in [0.25, 0.3) is 0 Å². The lowest BCUT2D eigenvalue weighted by molar-refractivity contribution is 0.0693. The Morgan fingerprint density at radius 2 is 1.74 bits per heavy atom. The topological polar surface area (TPSA) is 52.7 Å².